The molecule has 44 heavy (non-hydrogen) atoms. The quantitative estimate of drug-likeness (QED) is 0.196. The van der Waals surface area contributed by atoms with Gasteiger partial charge < -0.3 is 10.2 Å². The summed E-state index contributed by atoms with van der Waals surface area (Å²) in [6, 6.07) is 31.2. The third-order valence-electron chi connectivity index (χ3n) is 7.03. The molecule has 0 spiro atoms. The lowest BCUT2D eigenvalue weighted by Crippen LogP contribution is -2.56. The number of carbonyl (C=O) groups is 2. The van der Waals surface area contributed by atoms with Crippen molar-refractivity contribution in [1.82, 2.24) is 10.2 Å². The Morgan fingerprint density at radius 3 is 1.95 bits per heavy atom. The molecule has 4 aromatic rings. The van der Waals surface area contributed by atoms with Crippen LogP contribution in [0.25, 0.3) is 0 Å². The molecule has 1 N–H and O–H groups in total. The molecule has 0 aliphatic carbocycles. The van der Waals surface area contributed by atoms with Gasteiger partial charge in [0.1, 0.15) is 12.6 Å². The minimum absolute atomic E-state index is 0.0711. The van der Waals surface area contributed by atoms with Gasteiger partial charge in [-0.3, -0.25) is 13.9 Å². The van der Waals surface area contributed by atoms with Crippen molar-refractivity contribution in [1.29, 1.82) is 0 Å². The van der Waals surface area contributed by atoms with Gasteiger partial charge in [0.15, 0.2) is 0 Å². The Hall–Kier alpha value is -3.95. The van der Waals surface area contributed by atoms with Crippen LogP contribution in [0.15, 0.2) is 119 Å². The van der Waals surface area contributed by atoms with Crippen LogP contribution in [0.5, 0.6) is 0 Å². The van der Waals surface area contributed by atoms with Crippen LogP contribution in [0.4, 0.5) is 5.69 Å². The lowest BCUT2D eigenvalue weighted by molar-refractivity contribution is -0.140. The van der Waals surface area contributed by atoms with Gasteiger partial charge in [-0.25, -0.2) is 8.42 Å². The Bertz CT molecular complexity index is 1670. The molecule has 0 aliphatic rings. The van der Waals surface area contributed by atoms with Gasteiger partial charge in [0.2, 0.25) is 11.8 Å². The first-order chi connectivity index (χ1) is 20.8. The molecule has 0 aromatic heterocycles. The van der Waals surface area contributed by atoms with E-state index in [0.29, 0.717) is 11.3 Å². The summed E-state index contributed by atoms with van der Waals surface area (Å²) >= 11 is 3.46. The average molecular weight is 677 g/mol. The van der Waals surface area contributed by atoms with E-state index in [1.54, 1.807) is 30.3 Å². The van der Waals surface area contributed by atoms with Gasteiger partial charge in [0.05, 0.1) is 10.6 Å². The number of nitrogens with zero attached hydrogens (tertiary/aromatic N) is 2. The summed E-state index contributed by atoms with van der Waals surface area (Å²) in [6.07, 6.45) is 0.251. The molecule has 0 radical (unpaired) electrons. The predicted octanol–water partition coefficient (Wildman–Crippen LogP) is 6.51. The largest absolute Gasteiger partial charge is 0.350 e. The summed E-state index contributed by atoms with van der Waals surface area (Å²) in [6.45, 7) is 7.08. The average Bonchev–Trinajstić information content (AvgIpc) is 2.99. The molecule has 7 nitrogen and oxygen atoms in total. The van der Waals surface area contributed by atoms with Crippen molar-refractivity contribution in [3.8, 4) is 0 Å². The third-order valence-corrected chi connectivity index (χ3v) is 9.33. The number of hydrogen-bond acceptors (Lipinski definition) is 4. The summed E-state index contributed by atoms with van der Waals surface area (Å²) in [5.74, 6) is -0.819. The maximum atomic E-state index is 14.5. The maximum Gasteiger partial charge on any atom is 0.264 e. The van der Waals surface area contributed by atoms with E-state index in [2.05, 4.69) is 21.2 Å². The summed E-state index contributed by atoms with van der Waals surface area (Å²) in [5, 5.41) is 3.05. The molecule has 4 aromatic carbocycles. The number of benzene rings is 4. The lowest BCUT2D eigenvalue weighted by atomic mass is 10.0. The number of hydrogen-bond donors (Lipinski definition) is 1. The van der Waals surface area contributed by atoms with Gasteiger partial charge >= 0.3 is 0 Å². The first-order valence-corrected chi connectivity index (χ1v) is 16.6. The minimum atomic E-state index is -4.14. The molecule has 9 heteroatoms. The second-order valence-corrected chi connectivity index (χ2v) is 14.5. The van der Waals surface area contributed by atoms with Gasteiger partial charge in [0, 0.05) is 23.0 Å². The number of rotatable bonds is 11. The normalized spacial score (nSPS) is 12.3. The van der Waals surface area contributed by atoms with Crippen LogP contribution in [0, 0.1) is 6.92 Å². The Balaban J connectivity index is 1.82. The van der Waals surface area contributed by atoms with Crippen molar-refractivity contribution in [2.45, 2.75) is 57.1 Å². The second kappa shape index (κ2) is 14.2. The van der Waals surface area contributed by atoms with Gasteiger partial charge in [-0.05, 0) is 74.7 Å². The van der Waals surface area contributed by atoms with E-state index >= 15 is 0 Å². The molecule has 0 bridgehead atoms. The molecule has 0 saturated heterocycles. The zero-order valence-electron chi connectivity index (χ0n) is 25.4. The number of anilines is 1. The number of aryl methyl sites for hydroxylation is 1. The van der Waals surface area contributed by atoms with E-state index in [9.17, 15) is 18.0 Å². The van der Waals surface area contributed by atoms with Crippen LogP contribution in [0.2, 0.25) is 0 Å². The fourth-order valence-corrected chi connectivity index (χ4v) is 6.63. The van der Waals surface area contributed by atoms with Gasteiger partial charge in [0.25, 0.3) is 10.0 Å². The number of para-hydroxylation sites is 1. The molecule has 0 heterocycles. The molecule has 1 atom stereocenters. The molecule has 0 saturated carbocycles. The van der Waals surface area contributed by atoms with E-state index in [1.807, 2.05) is 94.4 Å². The summed E-state index contributed by atoms with van der Waals surface area (Å²) < 4.78 is 30.2. The van der Waals surface area contributed by atoms with Crippen LogP contribution in [-0.2, 0) is 32.6 Å². The molecule has 230 valence electrons. The molecule has 0 unspecified atom stereocenters. The van der Waals surface area contributed by atoms with Gasteiger partial charge in [-0.2, -0.15) is 0 Å². The zero-order chi connectivity index (χ0) is 31.9. The Kier molecular flexibility index (Phi) is 10.7. The fraction of sp³-hybridized carbons (Fsp3) is 0.257. The van der Waals surface area contributed by atoms with Crippen molar-refractivity contribution < 1.29 is 18.0 Å². The van der Waals surface area contributed by atoms with Crippen LogP contribution in [-0.4, -0.2) is 43.3 Å². The number of carbonyl (C=O) groups excluding carboxylic acids is 2. The summed E-state index contributed by atoms with van der Waals surface area (Å²) in [4.78, 5) is 30.0. The van der Waals surface area contributed by atoms with Crippen molar-refractivity contribution in [3.05, 3.63) is 130 Å². The standard InChI is InChI=1S/C35H38BrN3O4S/c1-26-13-11-12-18-31(26)39(44(42,43)30-16-9-6-10-17-30)25-33(40)38(24-28-19-21-29(36)22-20-28)32(34(41)37-35(2,3)4)23-27-14-7-5-8-15-27/h5-22,32H,23-25H2,1-4H3,(H,37,41)/t32-/m0/s1. The predicted molar refractivity (Wildman–Crippen MR) is 179 cm³/mol. The highest BCUT2D eigenvalue weighted by atomic mass is 79.9. The molecule has 4 rings (SSSR count). The first kappa shape index (κ1) is 33.0. The topological polar surface area (TPSA) is 86.8 Å². The fourth-order valence-electron chi connectivity index (χ4n) is 4.87. The SMILES string of the molecule is Cc1ccccc1N(CC(=O)N(Cc1ccc(Br)cc1)[C@@H](Cc1ccccc1)C(=O)NC(C)(C)C)S(=O)(=O)c1ccccc1. The van der Waals surface area contributed by atoms with Crippen molar-refractivity contribution in [2.24, 2.45) is 0 Å². The molecular weight excluding hydrogens is 638 g/mol. The smallest absolute Gasteiger partial charge is 0.264 e. The molecule has 2 amide bonds. The van der Waals surface area contributed by atoms with Crippen LogP contribution in [0.1, 0.15) is 37.5 Å². The van der Waals surface area contributed by atoms with Crippen molar-refractivity contribution in [2.75, 3.05) is 10.8 Å². The van der Waals surface area contributed by atoms with Crippen LogP contribution in [0.3, 0.4) is 0 Å². The van der Waals surface area contributed by atoms with E-state index in [4.69, 9.17) is 0 Å². The minimum Gasteiger partial charge on any atom is -0.350 e. The highest BCUT2D eigenvalue weighted by molar-refractivity contribution is 9.10. The Labute approximate surface area is 269 Å². The van der Waals surface area contributed by atoms with Gasteiger partial charge in [-0.1, -0.05) is 94.8 Å². The highest BCUT2D eigenvalue weighted by Gasteiger charge is 2.35. The first-order valence-electron chi connectivity index (χ1n) is 14.4. The number of halogens is 1. The molecular formula is C35H38BrN3O4S. The summed E-state index contributed by atoms with van der Waals surface area (Å²) in [5.41, 5.74) is 2.22. The second-order valence-electron chi connectivity index (χ2n) is 11.7. The van der Waals surface area contributed by atoms with E-state index in [-0.39, 0.29) is 23.8 Å². The molecule has 0 aliphatic heterocycles. The van der Waals surface area contributed by atoms with Crippen molar-refractivity contribution >= 4 is 43.5 Å². The number of amides is 2. The van der Waals surface area contributed by atoms with Gasteiger partial charge in [-0.15, -0.1) is 0 Å². The number of sulfonamides is 1. The zero-order valence-corrected chi connectivity index (χ0v) is 27.8. The van der Waals surface area contributed by atoms with E-state index in [0.717, 1.165) is 19.9 Å². The lowest BCUT2D eigenvalue weighted by Gasteiger charge is -2.35. The number of nitrogens with one attached hydrogen (secondary N) is 1. The molecule has 0 fully saturated rings. The van der Waals surface area contributed by atoms with Crippen LogP contribution >= 0.6 is 15.9 Å². The summed E-state index contributed by atoms with van der Waals surface area (Å²) in [7, 11) is -4.14. The Morgan fingerprint density at radius 2 is 1.36 bits per heavy atom. The maximum absolute atomic E-state index is 14.5. The van der Waals surface area contributed by atoms with E-state index in [1.165, 1.54) is 17.0 Å². The van der Waals surface area contributed by atoms with Crippen LogP contribution < -0.4 is 9.62 Å². The van der Waals surface area contributed by atoms with E-state index < -0.39 is 34.1 Å². The van der Waals surface area contributed by atoms with Crippen molar-refractivity contribution in [3.63, 3.8) is 0 Å². The Morgan fingerprint density at radius 1 is 0.795 bits per heavy atom. The monoisotopic (exact) mass is 675 g/mol. The highest BCUT2D eigenvalue weighted by Crippen LogP contribution is 2.28. The third kappa shape index (κ3) is 8.57.